The van der Waals surface area contributed by atoms with Crippen LogP contribution in [0.5, 0.6) is 0 Å². The molecule has 3 heterocycles. The number of piperidine rings is 1. The molecule has 1 aliphatic heterocycles. The summed E-state index contributed by atoms with van der Waals surface area (Å²) >= 11 is 10.9. The summed E-state index contributed by atoms with van der Waals surface area (Å²) < 4.78 is 5.19. The Morgan fingerprint density at radius 2 is 1.72 bits per heavy atom. The Balaban J connectivity index is 1.82. The van der Waals surface area contributed by atoms with Crippen LogP contribution in [0, 0.1) is 31.1 Å². The highest BCUT2D eigenvalue weighted by atomic mass is 79.9. The average Bonchev–Trinajstić information content (AvgIpc) is 3.01. The van der Waals surface area contributed by atoms with E-state index in [1.807, 2.05) is 0 Å². The van der Waals surface area contributed by atoms with Gasteiger partial charge in [0.2, 0.25) is 0 Å². The molecule has 7 heteroatoms. The van der Waals surface area contributed by atoms with Crippen molar-refractivity contribution in [2.24, 2.45) is 5.92 Å². The van der Waals surface area contributed by atoms with E-state index < -0.39 is 0 Å². The molecule has 1 saturated heterocycles. The van der Waals surface area contributed by atoms with Gasteiger partial charge in [-0.3, -0.25) is 4.57 Å². The standard InChI is InChI=1S/C22H21Br3N4/c1-13-12-29(19-11-17(24)16(23)10-18(19)25)22-21(13)20(9-14(2)27-22)28-7-4-15(3-6-26)5-8-28/h9-12,15H,3-5,7-8H2,1-2H3. The van der Waals surface area contributed by atoms with Gasteiger partial charge >= 0.3 is 0 Å². The fraction of sp³-hybridized carbons (Fsp3) is 0.364. The molecule has 0 N–H and O–H groups in total. The molecule has 4 nitrogen and oxygen atoms in total. The van der Waals surface area contributed by atoms with E-state index in [1.54, 1.807) is 0 Å². The second-order valence-corrected chi connectivity index (χ2v) is 10.2. The molecule has 1 aromatic carbocycles. The lowest BCUT2D eigenvalue weighted by atomic mass is 9.93. The molecule has 4 rings (SSSR count). The summed E-state index contributed by atoms with van der Waals surface area (Å²) in [6.07, 6.45) is 4.98. The molecule has 0 spiro atoms. The third-order valence-electron chi connectivity index (χ3n) is 5.64. The quantitative estimate of drug-likeness (QED) is 0.312. The number of benzene rings is 1. The highest BCUT2D eigenvalue weighted by Gasteiger charge is 2.23. The van der Waals surface area contributed by atoms with Crippen LogP contribution in [0.25, 0.3) is 16.7 Å². The van der Waals surface area contributed by atoms with Crippen molar-refractivity contribution in [2.45, 2.75) is 33.1 Å². The first-order valence-electron chi connectivity index (χ1n) is 9.65. The molecule has 3 aromatic rings. The summed E-state index contributed by atoms with van der Waals surface area (Å²) in [5.41, 5.74) is 5.51. The second-order valence-electron chi connectivity index (χ2n) is 7.67. The van der Waals surface area contributed by atoms with Crippen LogP contribution < -0.4 is 4.90 Å². The van der Waals surface area contributed by atoms with Gasteiger partial charge in [0.15, 0.2) is 0 Å². The molecule has 150 valence electrons. The van der Waals surface area contributed by atoms with Crippen LogP contribution in [-0.4, -0.2) is 22.6 Å². The predicted octanol–water partition coefficient (Wildman–Crippen LogP) is 7.06. The van der Waals surface area contributed by atoms with Gasteiger partial charge in [-0.25, -0.2) is 4.98 Å². The molecule has 0 saturated carbocycles. The molecule has 0 atom stereocenters. The van der Waals surface area contributed by atoms with Crippen molar-refractivity contribution in [3.8, 4) is 11.8 Å². The Labute approximate surface area is 196 Å². The Morgan fingerprint density at radius 1 is 1.03 bits per heavy atom. The van der Waals surface area contributed by atoms with Crippen molar-refractivity contribution in [1.29, 1.82) is 5.26 Å². The van der Waals surface area contributed by atoms with Crippen molar-refractivity contribution < 1.29 is 0 Å². The van der Waals surface area contributed by atoms with Crippen LogP contribution in [-0.2, 0) is 0 Å². The smallest absolute Gasteiger partial charge is 0.147 e. The third-order valence-corrected chi connectivity index (χ3v) is 8.12. The van der Waals surface area contributed by atoms with Gasteiger partial charge in [-0.2, -0.15) is 5.26 Å². The minimum Gasteiger partial charge on any atom is -0.371 e. The number of hydrogen-bond acceptors (Lipinski definition) is 3. The maximum atomic E-state index is 9.00. The van der Waals surface area contributed by atoms with Crippen molar-refractivity contribution in [2.75, 3.05) is 18.0 Å². The monoisotopic (exact) mass is 578 g/mol. The van der Waals surface area contributed by atoms with Crippen LogP contribution >= 0.6 is 47.8 Å². The fourth-order valence-electron chi connectivity index (χ4n) is 4.15. The molecule has 0 aliphatic carbocycles. The van der Waals surface area contributed by atoms with Crippen molar-refractivity contribution in [3.63, 3.8) is 0 Å². The molecule has 2 aromatic heterocycles. The van der Waals surface area contributed by atoms with Crippen LogP contribution in [0.1, 0.15) is 30.5 Å². The number of rotatable bonds is 3. The lowest BCUT2D eigenvalue weighted by Crippen LogP contribution is -2.33. The predicted molar refractivity (Wildman–Crippen MR) is 129 cm³/mol. The van der Waals surface area contributed by atoms with Crippen LogP contribution in [0.2, 0.25) is 0 Å². The van der Waals surface area contributed by atoms with E-state index in [0.717, 1.165) is 56.4 Å². The summed E-state index contributed by atoms with van der Waals surface area (Å²) in [4.78, 5) is 7.38. The number of pyridine rings is 1. The van der Waals surface area contributed by atoms with Gasteiger partial charge in [0.25, 0.3) is 0 Å². The molecular formula is C22H21Br3N4. The van der Waals surface area contributed by atoms with Gasteiger partial charge in [0.05, 0.1) is 11.8 Å². The summed E-state index contributed by atoms with van der Waals surface area (Å²) in [6, 6.07) is 8.69. The van der Waals surface area contributed by atoms with Gasteiger partial charge in [-0.15, -0.1) is 0 Å². The topological polar surface area (TPSA) is 44.9 Å². The molecule has 0 radical (unpaired) electrons. The van der Waals surface area contributed by atoms with Crippen molar-refractivity contribution in [1.82, 2.24) is 9.55 Å². The first-order chi connectivity index (χ1) is 13.9. The molecule has 0 unspecified atom stereocenters. The van der Waals surface area contributed by atoms with Crippen LogP contribution in [0.4, 0.5) is 5.69 Å². The highest BCUT2D eigenvalue weighted by molar-refractivity contribution is 9.13. The second kappa shape index (κ2) is 8.41. The average molecular weight is 581 g/mol. The first-order valence-corrected chi connectivity index (χ1v) is 12.0. The SMILES string of the molecule is Cc1cc(N2CCC(CC#N)CC2)c2c(C)cn(-c3cc(Br)c(Br)cc3Br)c2n1. The maximum Gasteiger partial charge on any atom is 0.147 e. The zero-order chi connectivity index (χ0) is 20.7. The summed E-state index contributed by atoms with van der Waals surface area (Å²) in [5.74, 6) is 0.524. The van der Waals surface area contributed by atoms with E-state index in [-0.39, 0.29) is 0 Å². The van der Waals surface area contributed by atoms with Gasteiger partial charge < -0.3 is 4.90 Å². The van der Waals surface area contributed by atoms with Crippen LogP contribution in [0.3, 0.4) is 0 Å². The van der Waals surface area contributed by atoms with E-state index in [0.29, 0.717) is 12.3 Å². The number of aryl methyl sites for hydroxylation is 2. The summed E-state index contributed by atoms with van der Waals surface area (Å²) in [5, 5.41) is 10.2. The van der Waals surface area contributed by atoms with Gasteiger partial charge in [0.1, 0.15) is 5.65 Å². The van der Waals surface area contributed by atoms with E-state index in [2.05, 4.69) is 102 Å². The zero-order valence-corrected chi connectivity index (χ0v) is 21.1. The minimum absolute atomic E-state index is 0.524. The summed E-state index contributed by atoms with van der Waals surface area (Å²) in [7, 11) is 0. The Hall–Kier alpha value is -1.36. The number of nitriles is 1. The van der Waals surface area contributed by atoms with E-state index in [1.165, 1.54) is 16.6 Å². The van der Waals surface area contributed by atoms with Crippen LogP contribution in [0.15, 0.2) is 37.8 Å². The van der Waals surface area contributed by atoms with E-state index >= 15 is 0 Å². The van der Waals surface area contributed by atoms with Gasteiger partial charge in [-0.05, 0) is 104 Å². The van der Waals surface area contributed by atoms with Crippen molar-refractivity contribution in [3.05, 3.63) is 49.1 Å². The Morgan fingerprint density at radius 3 is 2.41 bits per heavy atom. The third kappa shape index (κ3) is 3.99. The van der Waals surface area contributed by atoms with Gasteiger partial charge in [-0.1, -0.05) is 0 Å². The molecule has 0 bridgehead atoms. The Bertz CT molecular complexity index is 1120. The lowest BCUT2D eigenvalue weighted by molar-refractivity contribution is 0.413. The minimum atomic E-state index is 0.524. The number of nitrogens with zero attached hydrogens (tertiary/aromatic N) is 4. The number of fused-ring (bicyclic) bond motifs is 1. The molecule has 0 amide bonds. The maximum absolute atomic E-state index is 9.00. The molecular weight excluding hydrogens is 560 g/mol. The molecule has 1 fully saturated rings. The molecule has 1 aliphatic rings. The summed E-state index contributed by atoms with van der Waals surface area (Å²) in [6.45, 7) is 6.19. The number of halogens is 3. The zero-order valence-electron chi connectivity index (χ0n) is 16.3. The number of hydrogen-bond donors (Lipinski definition) is 0. The lowest BCUT2D eigenvalue weighted by Gasteiger charge is -2.33. The normalized spacial score (nSPS) is 15.1. The van der Waals surface area contributed by atoms with E-state index in [4.69, 9.17) is 10.2 Å². The highest BCUT2D eigenvalue weighted by Crippen LogP contribution is 2.38. The first kappa shape index (κ1) is 20.9. The van der Waals surface area contributed by atoms with Crippen molar-refractivity contribution >= 4 is 64.5 Å². The van der Waals surface area contributed by atoms with E-state index in [9.17, 15) is 0 Å². The Kier molecular flexibility index (Phi) is 6.06. The van der Waals surface area contributed by atoms with Gasteiger partial charge in [0, 0.05) is 55.9 Å². The fourth-order valence-corrected chi connectivity index (χ4v) is 5.66. The molecule has 29 heavy (non-hydrogen) atoms. The largest absolute Gasteiger partial charge is 0.371 e. The number of anilines is 1. The number of aromatic nitrogens is 2.